The Morgan fingerprint density at radius 1 is 0.870 bits per heavy atom. The first-order valence-electron chi connectivity index (χ1n) is 13.7. The fourth-order valence-corrected chi connectivity index (χ4v) is 6.27. The molecule has 1 amide bonds. The summed E-state index contributed by atoms with van der Waals surface area (Å²) in [6.45, 7) is -0.246. The van der Waals surface area contributed by atoms with Gasteiger partial charge in [0.2, 0.25) is 40.7 Å². The van der Waals surface area contributed by atoms with Gasteiger partial charge in [-0.2, -0.15) is 8.78 Å². The number of hydrogen-bond donors (Lipinski definition) is 1. The fraction of sp³-hybridized carbons (Fsp3) is 0.152. The van der Waals surface area contributed by atoms with Gasteiger partial charge >= 0.3 is 5.97 Å². The number of rotatable bonds is 7. The van der Waals surface area contributed by atoms with Crippen LogP contribution in [0.3, 0.4) is 0 Å². The van der Waals surface area contributed by atoms with Crippen LogP contribution in [0.5, 0.6) is 5.75 Å². The number of nitrogens with one attached hydrogen (secondary N) is 1. The highest BCUT2D eigenvalue weighted by Crippen LogP contribution is 2.53. The standard InChI is InChI=1S/C33H20Cl2F6N2O3/c34-18-7-8-19-20(14-42-23(19)11-18)31-33(12-16-4-2-1-3-5-16,13-24(44)43(31)15-17-6-9-21(35)22(36)10-17)32(45)46-30-28(40)26(38)25(37)27(39)29(30)41/h1-11,14,31,42H,12-13,15H2/t31-,33+/m0/s1. The first-order chi connectivity index (χ1) is 21.9. The number of aromatic amines is 1. The van der Waals surface area contributed by atoms with Gasteiger partial charge in [-0.1, -0.05) is 65.7 Å². The van der Waals surface area contributed by atoms with E-state index in [1.807, 2.05) is 0 Å². The van der Waals surface area contributed by atoms with E-state index >= 15 is 0 Å². The SMILES string of the molecule is O=C1C[C@@](Cc2ccccc2)(C(=O)Oc2c(F)c(F)c(F)c(F)c2F)[C@H](c2c[nH]c3cc(Cl)ccc23)N1Cc1ccc(Cl)c(F)c1. The lowest BCUT2D eigenvalue weighted by Gasteiger charge is -2.36. The molecule has 0 aliphatic carbocycles. The van der Waals surface area contributed by atoms with Crippen molar-refractivity contribution in [3.63, 3.8) is 0 Å². The van der Waals surface area contributed by atoms with Gasteiger partial charge in [-0.25, -0.2) is 17.6 Å². The summed E-state index contributed by atoms with van der Waals surface area (Å²) in [6, 6.07) is 15.7. The van der Waals surface area contributed by atoms with E-state index in [0.717, 1.165) is 6.07 Å². The first-order valence-corrected chi connectivity index (χ1v) is 14.4. The molecule has 0 saturated carbocycles. The number of H-pyrrole nitrogens is 1. The van der Waals surface area contributed by atoms with Crippen molar-refractivity contribution in [2.45, 2.75) is 25.4 Å². The van der Waals surface area contributed by atoms with E-state index in [4.69, 9.17) is 27.9 Å². The van der Waals surface area contributed by atoms with Crippen LogP contribution in [0.25, 0.3) is 10.9 Å². The minimum absolute atomic E-state index is 0.161. The summed E-state index contributed by atoms with van der Waals surface area (Å²) in [5.41, 5.74) is -0.333. The maximum Gasteiger partial charge on any atom is 0.321 e. The molecular formula is C33H20Cl2F6N2O3. The third kappa shape index (κ3) is 5.37. The molecule has 5 nitrogen and oxygen atoms in total. The molecule has 1 aliphatic heterocycles. The summed E-state index contributed by atoms with van der Waals surface area (Å²) in [5, 5.41) is 0.724. The molecule has 236 valence electrons. The first kappa shape index (κ1) is 31.5. The number of hydrogen-bond acceptors (Lipinski definition) is 3. The molecule has 46 heavy (non-hydrogen) atoms. The van der Waals surface area contributed by atoms with Crippen LogP contribution in [0.2, 0.25) is 10.0 Å². The molecule has 0 unspecified atom stereocenters. The van der Waals surface area contributed by atoms with Gasteiger partial charge in [0.25, 0.3) is 0 Å². The van der Waals surface area contributed by atoms with E-state index in [9.17, 15) is 35.9 Å². The Morgan fingerprint density at radius 2 is 1.54 bits per heavy atom. The summed E-state index contributed by atoms with van der Waals surface area (Å²) in [5.74, 6) is -16.4. The molecule has 1 N–H and O–H groups in total. The third-order valence-electron chi connectivity index (χ3n) is 8.06. The third-order valence-corrected chi connectivity index (χ3v) is 8.60. The van der Waals surface area contributed by atoms with Crippen LogP contribution in [0, 0.1) is 40.3 Å². The molecule has 0 bridgehead atoms. The molecule has 0 radical (unpaired) electrons. The number of esters is 1. The largest absolute Gasteiger partial charge is 0.419 e. The molecule has 6 rings (SSSR count). The number of ether oxygens (including phenoxy) is 1. The highest BCUT2D eigenvalue weighted by Gasteiger charge is 2.59. The second-order valence-corrected chi connectivity index (χ2v) is 11.7. The predicted octanol–water partition coefficient (Wildman–Crippen LogP) is 8.62. The lowest BCUT2D eigenvalue weighted by atomic mass is 9.72. The van der Waals surface area contributed by atoms with Crippen molar-refractivity contribution in [1.29, 1.82) is 0 Å². The van der Waals surface area contributed by atoms with Crippen LogP contribution in [-0.2, 0) is 22.6 Å². The second kappa shape index (κ2) is 12.0. The van der Waals surface area contributed by atoms with Crippen molar-refractivity contribution in [2.24, 2.45) is 5.41 Å². The van der Waals surface area contributed by atoms with Crippen molar-refractivity contribution >= 4 is 46.0 Å². The summed E-state index contributed by atoms with van der Waals surface area (Å²) in [6.07, 6.45) is 0.659. The molecule has 1 fully saturated rings. The number of likely N-dealkylation sites (tertiary alicyclic amines) is 1. The monoisotopic (exact) mass is 676 g/mol. The van der Waals surface area contributed by atoms with Crippen molar-refractivity contribution in [2.75, 3.05) is 0 Å². The minimum Gasteiger partial charge on any atom is -0.419 e. The van der Waals surface area contributed by atoms with Crippen LogP contribution in [0.1, 0.15) is 29.2 Å². The number of nitrogens with zero attached hydrogens (tertiary/aromatic N) is 1. The molecule has 5 aromatic rings. The zero-order valence-electron chi connectivity index (χ0n) is 23.3. The average Bonchev–Trinajstić information content (AvgIpc) is 3.56. The molecule has 0 spiro atoms. The van der Waals surface area contributed by atoms with Gasteiger partial charge in [0.05, 0.1) is 11.1 Å². The number of aromatic nitrogens is 1. The average molecular weight is 677 g/mol. The van der Waals surface area contributed by atoms with Crippen LogP contribution < -0.4 is 4.74 Å². The van der Waals surface area contributed by atoms with Gasteiger partial charge in [0.1, 0.15) is 11.2 Å². The van der Waals surface area contributed by atoms with Gasteiger partial charge in [0, 0.05) is 40.7 Å². The van der Waals surface area contributed by atoms with Crippen LogP contribution >= 0.6 is 23.2 Å². The van der Waals surface area contributed by atoms with Gasteiger partial charge in [0.15, 0.2) is 0 Å². The van der Waals surface area contributed by atoms with Crippen LogP contribution in [0.15, 0.2) is 72.9 Å². The maximum absolute atomic E-state index is 14.8. The summed E-state index contributed by atoms with van der Waals surface area (Å²) < 4.78 is 91.2. The Labute approximate surface area is 267 Å². The fourth-order valence-electron chi connectivity index (χ4n) is 5.98. The number of carbonyl (C=O) groups is 2. The zero-order valence-corrected chi connectivity index (χ0v) is 24.8. The van der Waals surface area contributed by atoms with Crippen molar-refractivity contribution in [3.05, 3.63) is 135 Å². The number of carbonyl (C=O) groups excluding carboxylic acids is 2. The lowest BCUT2D eigenvalue weighted by Crippen LogP contribution is -2.42. The zero-order chi connectivity index (χ0) is 32.9. The van der Waals surface area contributed by atoms with Crippen molar-refractivity contribution in [3.8, 4) is 5.75 Å². The van der Waals surface area contributed by atoms with E-state index in [2.05, 4.69) is 4.98 Å². The number of amides is 1. The summed E-state index contributed by atoms with van der Waals surface area (Å²) in [7, 11) is 0. The van der Waals surface area contributed by atoms with Gasteiger partial charge in [-0.05, 0) is 41.8 Å². The lowest BCUT2D eigenvalue weighted by molar-refractivity contribution is -0.148. The van der Waals surface area contributed by atoms with Crippen molar-refractivity contribution in [1.82, 2.24) is 9.88 Å². The highest BCUT2D eigenvalue weighted by molar-refractivity contribution is 6.31. The van der Waals surface area contributed by atoms with Gasteiger partial charge in [-0.3, -0.25) is 9.59 Å². The minimum atomic E-state index is -2.43. The van der Waals surface area contributed by atoms with Crippen LogP contribution in [-0.4, -0.2) is 21.8 Å². The van der Waals surface area contributed by atoms with Gasteiger partial charge in [-0.15, -0.1) is 0 Å². The molecule has 1 saturated heterocycles. The normalized spacial score (nSPS) is 18.0. The predicted molar refractivity (Wildman–Crippen MR) is 157 cm³/mol. The Hall–Kier alpha value is -4.48. The Bertz CT molecular complexity index is 1990. The Balaban J connectivity index is 1.56. The number of halogens is 8. The van der Waals surface area contributed by atoms with E-state index in [1.54, 1.807) is 48.5 Å². The molecule has 1 aromatic heterocycles. The summed E-state index contributed by atoms with van der Waals surface area (Å²) in [4.78, 5) is 32.6. The molecule has 2 atom stereocenters. The van der Waals surface area contributed by atoms with Crippen molar-refractivity contribution < 1.29 is 40.7 Å². The van der Waals surface area contributed by atoms with E-state index in [-0.39, 0.29) is 18.0 Å². The molecule has 4 aromatic carbocycles. The highest BCUT2D eigenvalue weighted by atomic mass is 35.5. The molecule has 2 heterocycles. The molecule has 13 heteroatoms. The maximum atomic E-state index is 14.8. The second-order valence-electron chi connectivity index (χ2n) is 10.9. The van der Waals surface area contributed by atoms with E-state index in [0.29, 0.717) is 32.6 Å². The van der Waals surface area contributed by atoms with Gasteiger partial charge < -0.3 is 14.6 Å². The Kier molecular flexibility index (Phi) is 8.24. The van der Waals surface area contributed by atoms with E-state index in [1.165, 1.54) is 23.2 Å². The quantitative estimate of drug-likeness (QED) is 0.0617. The topological polar surface area (TPSA) is 62.4 Å². The number of fused-ring (bicyclic) bond motifs is 1. The summed E-state index contributed by atoms with van der Waals surface area (Å²) >= 11 is 12.0. The molecule has 1 aliphatic rings. The number of benzene rings is 4. The van der Waals surface area contributed by atoms with Crippen LogP contribution in [0.4, 0.5) is 26.3 Å². The molecular weight excluding hydrogens is 657 g/mol. The van der Waals surface area contributed by atoms with E-state index < -0.39 is 70.4 Å². The smallest absolute Gasteiger partial charge is 0.321 e. The Morgan fingerprint density at radius 3 is 2.22 bits per heavy atom.